The summed E-state index contributed by atoms with van der Waals surface area (Å²) < 4.78 is 19.4. The Hall–Kier alpha value is -2.50. The maximum Gasteiger partial charge on any atom is 0.374 e. The number of hydrogen-bond donors (Lipinski definition) is 0. The first-order chi connectivity index (χ1) is 11.2. The van der Waals surface area contributed by atoms with Crippen LogP contribution in [0, 0.1) is 0 Å². The van der Waals surface area contributed by atoms with Gasteiger partial charge in [-0.2, -0.15) is 0 Å². The minimum atomic E-state index is -0.392. The molecule has 0 saturated carbocycles. The van der Waals surface area contributed by atoms with Crippen LogP contribution in [-0.4, -0.2) is 25.2 Å². The molecule has 0 aliphatic carbocycles. The standard InChI is InChI=1S/C9H12O3.C8H10O3/c1-2-3-6-12-9(10)8-5-4-7-11-8;1-2-5-11-8(9)7-4-3-6-10-7/h4-5,7H,2-3,6H2,1H3;3-4,6H,2,5H2,1H3. The molecule has 2 heterocycles. The van der Waals surface area contributed by atoms with Crippen LogP contribution in [-0.2, 0) is 9.47 Å². The van der Waals surface area contributed by atoms with Gasteiger partial charge in [0.05, 0.1) is 25.7 Å². The lowest BCUT2D eigenvalue weighted by atomic mass is 10.4. The second-order valence-electron chi connectivity index (χ2n) is 4.58. The Morgan fingerprint density at radius 3 is 1.78 bits per heavy atom. The van der Waals surface area contributed by atoms with Crippen LogP contribution in [0.3, 0.4) is 0 Å². The molecule has 0 aliphatic heterocycles. The highest BCUT2D eigenvalue weighted by Gasteiger charge is 2.08. The predicted molar refractivity (Wildman–Crippen MR) is 83.2 cm³/mol. The molecule has 0 atom stereocenters. The lowest BCUT2D eigenvalue weighted by molar-refractivity contribution is 0.0457. The molecule has 0 N–H and O–H groups in total. The van der Waals surface area contributed by atoms with Gasteiger partial charge in [-0.1, -0.05) is 20.3 Å². The summed E-state index contributed by atoms with van der Waals surface area (Å²) in [5.74, 6) is -0.241. The molecule has 0 fully saturated rings. The quantitative estimate of drug-likeness (QED) is 0.564. The Bertz CT molecular complexity index is 542. The van der Waals surface area contributed by atoms with E-state index in [4.69, 9.17) is 18.3 Å². The smallest absolute Gasteiger partial charge is 0.374 e. The van der Waals surface area contributed by atoms with Crippen molar-refractivity contribution in [2.24, 2.45) is 0 Å². The van der Waals surface area contributed by atoms with Gasteiger partial charge in [0.2, 0.25) is 11.5 Å². The summed E-state index contributed by atoms with van der Waals surface area (Å²) in [5, 5.41) is 0. The first-order valence-electron chi connectivity index (χ1n) is 7.60. The largest absolute Gasteiger partial charge is 0.460 e. The van der Waals surface area contributed by atoms with Gasteiger partial charge >= 0.3 is 11.9 Å². The maximum atomic E-state index is 11.1. The highest BCUT2D eigenvalue weighted by Crippen LogP contribution is 2.03. The fourth-order valence-corrected chi connectivity index (χ4v) is 1.44. The monoisotopic (exact) mass is 322 g/mol. The van der Waals surface area contributed by atoms with Gasteiger partial charge in [0.15, 0.2) is 0 Å². The van der Waals surface area contributed by atoms with Gasteiger partial charge in [-0.25, -0.2) is 9.59 Å². The second kappa shape index (κ2) is 11.1. The van der Waals surface area contributed by atoms with E-state index in [2.05, 4.69) is 0 Å². The zero-order valence-electron chi connectivity index (χ0n) is 13.4. The van der Waals surface area contributed by atoms with Gasteiger partial charge in [-0.3, -0.25) is 0 Å². The van der Waals surface area contributed by atoms with Crippen LogP contribution >= 0.6 is 0 Å². The summed E-state index contributed by atoms with van der Waals surface area (Å²) >= 11 is 0. The topological polar surface area (TPSA) is 78.9 Å². The van der Waals surface area contributed by atoms with Gasteiger partial charge in [0.1, 0.15) is 0 Å². The predicted octanol–water partition coefficient (Wildman–Crippen LogP) is 4.08. The average Bonchev–Trinajstić information content (AvgIpc) is 3.26. The maximum absolute atomic E-state index is 11.1. The van der Waals surface area contributed by atoms with Gasteiger partial charge < -0.3 is 18.3 Å². The lowest BCUT2D eigenvalue weighted by Gasteiger charge is -1.99. The molecule has 0 spiro atoms. The van der Waals surface area contributed by atoms with E-state index in [1.165, 1.54) is 12.5 Å². The Morgan fingerprint density at radius 2 is 1.39 bits per heavy atom. The van der Waals surface area contributed by atoms with E-state index in [0.29, 0.717) is 13.2 Å². The molecule has 6 nitrogen and oxygen atoms in total. The Labute approximate surface area is 135 Å². The third kappa shape index (κ3) is 7.35. The number of esters is 2. The Kier molecular flexibility index (Phi) is 8.97. The van der Waals surface area contributed by atoms with E-state index >= 15 is 0 Å². The van der Waals surface area contributed by atoms with Crippen molar-refractivity contribution in [1.82, 2.24) is 0 Å². The average molecular weight is 322 g/mol. The molecular weight excluding hydrogens is 300 g/mol. The second-order valence-corrected chi connectivity index (χ2v) is 4.58. The lowest BCUT2D eigenvalue weighted by Crippen LogP contribution is -2.04. The highest BCUT2D eigenvalue weighted by atomic mass is 16.5. The van der Waals surface area contributed by atoms with Crippen molar-refractivity contribution >= 4 is 11.9 Å². The van der Waals surface area contributed by atoms with Gasteiger partial charge in [-0.15, -0.1) is 0 Å². The summed E-state index contributed by atoms with van der Waals surface area (Å²) in [4.78, 5) is 22.0. The molecule has 0 radical (unpaired) electrons. The number of ether oxygens (including phenoxy) is 2. The molecule has 0 aromatic carbocycles. The van der Waals surface area contributed by atoms with Crippen molar-refractivity contribution in [2.45, 2.75) is 33.1 Å². The molecule has 126 valence electrons. The first kappa shape index (κ1) is 18.5. The fourth-order valence-electron chi connectivity index (χ4n) is 1.44. The number of rotatable bonds is 7. The number of unbranched alkanes of at least 4 members (excludes halogenated alkanes) is 1. The summed E-state index contributed by atoms with van der Waals surface area (Å²) in [6.07, 6.45) is 5.64. The first-order valence-corrected chi connectivity index (χ1v) is 7.60. The summed E-state index contributed by atoms with van der Waals surface area (Å²) in [7, 11) is 0. The SMILES string of the molecule is CCCCOC(=O)c1ccco1.CCCOC(=O)c1ccco1. The Morgan fingerprint density at radius 1 is 0.870 bits per heavy atom. The zero-order valence-corrected chi connectivity index (χ0v) is 13.4. The normalized spacial score (nSPS) is 9.65. The fraction of sp³-hybridized carbons (Fsp3) is 0.412. The summed E-state index contributed by atoms with van der Waals surface area (Å²) in [5.41, 5.74) is 0. The number of carbonyl (C=O) groups is 2. The van der Waals surface area contributed by atoms with Gasteiger partial charge in [0.25, 0.3) is 0 Å². The van der Waals surface area contributed by atoms with Crippen molar-refractivity contribution in [3.8, 4) is 0 Å². The van der Waals surface area contributed by atoms with Crippen molar-refractivity contribution in [3.05, 3.63) is 48.3 Å². The minimum absolute atomic E-state index is 0.262. The van der Waals surface area contributed by atoms with Crippen LogP contribution in [0.1, 0.15) is 54.2 Å². The molecule has 0 unspecified atom stereocenters. The van der Waals surface area contributed by atoms with Crippen LogP contribution in [0.25, 0.3) is 0 Å². The molecule has 2 aromatic heterocycles. The van der Waals surface area contributed by atoms with E-state index < -0.39 is 5.97 Å². The molecule has 6 heteroatoms. The van der Waals surface area contributed by atoms with Crippen LogP contribution in [0.2, 0.25) is 0 Å². The number of carbonyl (C=O) groups excluding carboxylic acids is 2. The van der Waals surface area contributed by atoms with Crippen molar-refractivity contribution < 1.29 is 27.9 Å². The van der Waals surface area contributed by atoms with E-state index in [9.17, 15) is 9.59 Å². The molecule has 0 aliphatic rings. The summed E-state index contributed by atoms with van der Waals surface area (Å²) in [6, 6.07) is 6.49. The molecule has 0 saturated heterocycles. The van der Waals surface area contributed by atoms with Crippen LogP contribution < -0.4 is 0 Å². The number of hydrogen-bond acceptors (Lipinski definition) is 6. The molecule has 2 aromatic rings. The molecular formula is C17H22O6. The molecule has 23 heavy (non-hydrogen) atoms. The van der Waals surface area contributed by atoms with Crippen molar-refractivity contribution in [1.29, 1.82) is 0 Å². The summed E-state index contributed by atoms with van der Waals surface area (Å²) in [6.45, 7) is 4.89. The number of furan rings is 2. The highest BCUT2D eigenvalue weighted by molar-refractivity contribution is 5.86. The molecule has 0 amide bonds. The van der Waals surface area contributed by atoms with Crippen molar-refractivity contribution in [3.63, 3.8) is 0 Å². The molecule has 2 rings (SSSR count). The van der Waals surface area contributed by atoms with E-state index in [1.54, 1.807) is 24.3 Å². The van der Waals surface area contributed by atoms with Crippen LogP contribution in [0.4, 0.5) is 0 Å². The van der Waals surface area contributed by atoms with E-state index in [-0.39, 0.29) is 17.5 Å². The van der Waals surface area contributed by atoms with Gasteiger partial charge in [0, 0.05) is 0 Å². The van der Waals surface area contributed by atoms with Crippen molar-refractivity contribution in [2.75, 3.05) is 13.2 Å². The third-order valence-corrected chi connectivity index (χ3v) is 2.61. The Balaban J connectivity index is 0.000000231. The zero-order chi connectivity index (χ0) is 16.9. The third-order valence-electron chi connectivity index (χ3n) is 2.61. The van der Waals surface area contributed by atoms with Crippen LogP contribution in [0.5, 0.6) is 0 Å². The van der Waals surface area contributed by atoms with Gasteiger partial charge in [-0.05, 0) is 37.1 Å². The molecule has 0 bridgehead atoms. The van der Waals surface area contributed by atoms with Crippen LogP contribution in [0.15, 0.2) is 45.6 Å². The van der Waals surface area contributed by atoms with E-state index in [1.807, 2.05) is 13.8 Å². The van der Waals surface area contributed by atoms with E-state index in [0.717, 1.165) is 19.3 Å². The minimum Gasteiger partial charge on any atom is -0.460 e.